The molecule has 1 heterocycles. The van der Waals surface area contributed by atoms with Crippen molar-refractivity contribution >= 4 is 22.7 Å². The summed E-state index contributed by atoms with van der Waals surface area (Å²) in [5, 5.41) is 26.2. The van der Waals surface area contributed by atoms with Crippen LogP contribution in [0.1, 0.15) is 29.5 Å². The third-order valence-corrected chi connectivity index (χ3v) is 4.31. The molecular weight excluding hydrogens is 288 g/mol. The normalized spacial score (nSPS) is 15.2. The predicted octanol–water partition coefficient (Wildman–Crippen LogP) is 3.49. The van der Waals surface area contributed by atoms with Crippen LogP contribution in [0.5, 0.6) is 0 Å². The molecule has 1 fully saturated rings. The highest BCUT2D eigenvalue weighted by Crippen LogP contribution is 2.43. The molecule has 1 aliphatic rings. The monoisotopic (exact) mass is 300 g/mol. The second-order valence-corrected chi connectivity index (χ2v) is 5.86. The van der Waals surface area contributed by atoms with Gasteiger partial charge in [-0.2, -0.15) is 5.26 Å². The summed E-state index contributed by atoms with van der Waals surface area (Å²) in [4.78, 5) is 14.6. The maximum Gasteiger partial charge on any atom is 0.287 e. The number of hydrogen-bond donors (Lipinski definition) is 1. The van der Waals surface area contributed by atoms with Crippen LogP contribution in [0.25, 0.3) is 0 Å². The number of benzene rings is 1. The van der Waals surface area contributed by atoms with Crippen LogP contribution in [-0.4, -0.2) is 9.91 Å². The quantitative estimate of drug-likeness (QED) is 0.674. The first-order chi connectivity index (χ1) is 10.2. The van der Waals surface area contributed by atoms with Gasteiger partial charge in [-0.3, -0.25) is 10.1 Å². The molecule has 7 heteroatoms. The SMILES string of the molecule is N#Cc1cc(N[C@H](c2nccs2)C2CC2)ccc1[N+](=O)[O-]. The number of rotatable bonds is 5. The lowest BCUT2D eigenvalue weighted by Gasteiger charge is -2.17. The smallest absolute Gasteiger partial charge is 0.287 e. The van der Waals surface area contributed by atoms with Gasteiger partial charge >= 0.3 is 0 Å². The number of nitrogens with one attached hydrogen (secondary N) is 1. The average molecular weight is 300 g/mol. The summed E-state index contributed by atoms with van der Waals surface area (Å²) in [6.45, 7) is 0. The van der Waals surface area contributed by atoms with Gasteiger partial charge in [0.2, 0.25) is 0 Å². The first-order valence-electron chi connectivity index (χ1n) is 6.53. The number of hydrogen-bond acceptors (Lipinski definition) is 6. The van der Waals surface area contributed by atoms with Gasteiger partial charge in [0.05, 0.1) is 11.0 Å². The second kappa shape index (κ2) is 5.50. The Morgan fingerprint density at radius 2 is 2.33 bits per heavy atom. The van der Waals surface area contributed by atoms with Crippen molar-refractivity contribution in [3.63, 3.8) is 0 Å². The molecular formula is C14H12N4O2S. The minimum absolute atomic E-state index is 0.0682. The molecule has 0 saturated heterocycles. The minimum atomic E-state index is -0.540. The number of nitro groups is 1. The fourth-order valence-electron chi connectivity index (χ4n) is 2.25. The maximum atomic E-state index is 10.8. The van der Waals surface area contributed by atoms with Gasteiger partial charge in [-0.25, -0.2) is 4.98 Å². The van der Waals surface area contributed by atoms with Crippen molar-refractivity contribution < 1.29 is 4.92 Å². The van der Waals surface area contributed by atoms with Crippen molar-refractivity contribution in [2.75, 3.05) is 5.32 Å². The number of anilines is 1. The Morgan fingerprint density at radius 3 is 2.90 bits per heavy atom. The third kappa shape index (κ3) is 2.85. The van der Waals surface area contributed by atoms with E-state index in [0.717, 1.165) is 17.8 Å². The first-order valence-corrected chi connectivity index (χ1v) is 7.41. The Morgan fingerprint density at radius 1 is 1.52 bits per heavy atom. The predicted molar refractivity (Wildman–Crippen MR) is 79.0 cm³/mol. The Kier molecular flexibility index (Phi) is 3.54. The molecule has 0 spiro atoms. The van der Waals surface area contributed by atoms with Crippen molar-refractivity contribution in [3.05, 3.63) is 50.5 Å². The minimum Gasteiger partial charge on any atom is -0.375 e. The highest BCUT2D eigenvalue weighted by atomic mass is 32.1. The van der Waals surface area contributed by atoms with E-state index in [-0.39, 0.29) is 17.3 Å². The standard InChI is InChI=1S/C14H12N4O2S/c15-8-10-7-11(3-4-12(10)18(19)20)17-13(9-1-2-9)14-16-5-6-21-14/h3-7,9,13,17H,1-2H2/t13-/m0/s1. The van der Waals surface area contributed by atoms with Crippen molar-refractivity contribution in [1.29, 1.82) is 5.26 Å². The van der Waals surface area contributed by atoms with Gasteiger partial charge < -0.3 is 5.32 Å². The van der Waals surface area contributed by atoms with Gasteiger partial charge in [0.15, 0.2) is 0 Å². The molecule has 1 aliphatic carbocycles. The molecule has 1 aromatic carbocycles. The number of nitro benzene ring substituents is 1. The lowest BCUT2D eigenvalue weighted by molar-refractivity contribution is -0.385. The van der Waals surface area contributed by atoms with Gasteiger partial charge in [0.25, 0.3) is 5.69 Å². The van der Waals surface area contributed by atoms with Crippen LogP contribution in [-0.2, 0) is 0 Å². The van der Waals surface area contributed by atoms with Gasteiger partial charge in [-0.15, -0.1) is 11.3 Å². The van der Waals surface area contributed by atoms with Crippen molar-refractivity contribution in [3.8, 4) is 6.07 Å². The van der Waals surface area contributed by atoms with E-state index < -0.39 is 4.92 Å². The van der Waals surface area contributed by atoms with Gasteiger partial charge in [-0.05, 0) is 30.9 Å². The molecule has 0 amide bonds. The summed E-state index contributed by atoms with van der Waals surface area (Å²) in [7, 11) is 0. The molecule has 21 heavy (non-hydrogen) atoms. The number of thiazole rings is 1. The Labute approximate surface area is 125 Å². The van der Waals surface area contributed by atoms with Crippen molar-refractivity contribution in [2.24, 2.45) is 5.92 Å². The average Bonchev–Trinajstić information content (AvgIpc) is 3.18. The van der Waals surface area contributed by atoms with Crippen LogP contribution in [0.4, 0.5) is 11.4 Å². The van der Waals surface area contributed by atoms with E-state index in [9.17, 15) is 10.1 Å². The largest absolute Gasteiger partial charge is 0.375 e. The van der Waals surface area contributed by atoms with Gasteiger partial charge in [0.1, 0.15) is 16.6 Å². The highest BCUT2D eigenvalue weighted by molar-refractivity contribution is 7.09. The van der Waals surface area contributed by atoms with E-state index in [1.54, 1.807) is 23.6 Å². The third-order valence-electron chi connectivity index (χ3n) is 3.45. The van der Waals surface area contributed by atoms with Crippen LogP contribution in [0.2, 0.25) is 0 Å². The summed E-state index contributed by atoms with van der Waals surface area (Å²) in [6.07, 6.45) is 4.07. The Hall–Kier alpha value is -2.46. The number of nitrogens with zero attached hydrogens (tertiary/aromatic N) is 3. The molecule has 0 radical (unpaired) electrons. The van der Waals surface area contributed by atoms with E-state index >= 15 is 0 Å². The van der Waals surface area contributed by atoms with Crippen LogP contribution < -0.4 is 5.32 Å². The lowest BCUT2D eigenvalue weighted by Crippen LogP contribution is -2.12. The summed E-state index contributed by atoms with van der Waals surface area (Å²) in [5.74, 6) is 0.539. The van der Waals surface area contributed by atoms with E-state index in [1.165, 1.54) is 12.1 Å². The highest BCUT2D eigenvalue weighted by Gasteiger charge is 2.34. The van der Waals surface area contributed by atoms with Gasteiger partial charge in [-0.1, -0.05) is 0 Å². The first kappa shape index (κ1) is 13.5. The number of nitriles is 1. The van der Waals surface area contributed by atoms with Crippen LogP contribution >= 0.6 is 11.3 Å². The molecule has 1 N–H and O–H groups in total. The zero-order valence-electron chi connectivity index (χ0n) is 11.0. The zero-order chi connectivity index (χ0) is 14.8. The molecule has 0 aliphatic heterocycles. The molecule has 6 nitrogen and oxygen atoms in total. The fourth-order valence-corrected chi connectivity index (χ4v) is 3.03. The zero-order valence-corrected chi connectivity index (χ0v) is 11.8. The van der Waals surface area contributed by atoms with E-state index in [0.29, 0.717) is 11.6 Å². The number of aromatic nitrogens is 1. The van der Waals surface area contributed by atoms with Crippen LogP contribution in [0.3, 0.4) is 0 Å². The summed E-state index contributed by atoms with van der Waals surface area (Å²) < 4.78 is 0. The van der Waals surface area contributed by atoms with Crippen LogP contribution in [0, 0.1) is 27.4 Å². The molecule has 1 aromatic heterocycles. The Bertz CT molecular complexity index is 704. The van der Waals surface area contributed by atoms with E-state index in [2.05, 4.69) is 10.3 Å². The molecule has 1 atom stereocenters. The molecule has 0 bridgehead atoms. The van der Waals surface area contributed by atoms with Crippen molar-refractivity contribution in [1.82, 2.24) is 4.98 Å². The topological polar surface area (TPSA) is 91.8 Å². The van der Waals surface area contributed by atoms with E-state index in [1.807, 2.05) is 11.4 Å². The second-order valence-electron chi connectivity index (χ2n) is 4.93. The molecule has 106 valence electrons. The Balaban J connectivity index is 1.87. The summed E-state index contributed by atoms with van der Waals surface area (Å²) >= 11 is 1.59. The van der Waals surface area contributed by atoms with Gasteiger partial charge in [0, 0.05) is 23.3 Å². The maximum absolute atomic E-state index is 10.8. The van der Waals surface area contributed by atoms with Crippen LogP contribution in [0.15, 0.2) is 29.8 Å². The van der Waals surface area contributed by atoms with E-state index in [4.69, 9.17) is 5.26 Å². The molecule has 1 saturated carbocycles. The lowest BCUT2D eigenvalue weighted by atomic mass is 10.1. The molecule has 3 rings (SSSR count). The van der Waals surface area contributed by atoms with Crippen molar-refractivity contribution in [2.45, 2.75) is 18.9 Å². The molecule has 2 aromatic rings. The fraction of sp³-hybridized carbons (Fsp3) is 0.286. The summed E-state index contributed by atoms with van der Waals surface area (Å²) in [6, 6.07) is 6.52. The molecule has 0 unspecified atom stereocenters. The summed E-state index contributed by atoms with van der Waals surface area (Å²) in [5.41, 5.74) is 0.614.